The van der Waals surface area contributed by atoms with E-state index in [0.717, 1.165) is 13.1 Å². The van der Waals surface area contributed by atoms with Gasteiger partial charge in [0.25, 0.3) is 0 Å². The maximum absolute atomic E-state index is 4.67. The van der Waals surface area contributed by atoms with Gasteiger partial charge in [-0.05, 0) is 23.6 Å². The summed E-state index contributed by atoms with van der Waals surface area (Å²) in [4.78, 5) is 0. The monoisotopic (exact) mass is 252 g/mol. The van der Waals surface area contributed by atoms with Crippen LogP contribution in [0.2, 0.25) is 0 Å². The van der Waals surface area contributed by atoms with E-state index in [0.29, 0.717) is 0 Å². The van der Waals surface area contributed by atoms with E-state index in [9.17, 15) is 0 Å². The summed E-state index contributed by atoms with van der Waals surface area (Å²) >= 11 is 0. The molecule has 0 N–H and O–H groups in total. The molecule has 1 heterocycles. The fourth-order valence-electron chi connectivity index (χ4n) is 2.68. The highest BCUT2D eigenvalue weighted by Gasteiger charge is 2.05. The van der Waals surface area contributed by atoms with Crippen LogP contribution in [0.5, 0.6) is 0 Å². The van der Waals surface area contributed by atoms with Crippen LogP contribution in [0.4, 0.5) is 0 Å². The molecule has 0 saturated carbocycles. The molecule has 0 unspecified atom stereocenters. The lowest BCUT2D eigenvalue weighted by atomic mass is 10.1. The van der Waals surface area contributed by atoms with Gasteiger partial charge < -0.3 is 0 Å². The highest BCUT2D eigenvalue weighted by atomic mass is 15.4. The molecule has 1 aliphatic heterocycles. The van der Waals surface area contributed by atoms with Gasteiger partial charge in [0.1, 0.15) is 0 Å². The first kappa shape index (κ1) is 12.2. The molecule has 19 heavy (non-hydrogen) atoms. The Hall–Kier alpha value is -1.83. The summed E-state index contributed by atoms with van der Waals surface area (Å²) in [6.45, 7) is 2.20. The first-order valence-corrected chi connectivity index (χ1v) is 7.20. The average molecular weight is 252 g/mol. The maximum Gasteiger partial charge on any atom is 0.0549 e. The lowest BCUT2D eigenvalue weighted by Gasteiger charge is -2.15. The van der Waals surface area contributed by atoms with Crippen molar-refractivity contribution < 1.29 is 0 Å². The third-order valence-electron chi connectivity index (χ3n) is 3.77. The van der Waals surface area contributed by atoms with Crippen LogP contribution >= 0.6 is 0 Å². The summed E-state index contributed by atoms with van der Waals surface area (Å²) in [6, 6.07) is 14.9. The zero-order valence-corrected chi connectivity index (χ0v) is 11.3. The Kier molecular flexibility index (Phi) is 3.78. The molecule has 0 aliphatic carbocycles. The van der Waals surface area contributed by atoms with E-state index >= 15 is 0 Å². The minimum absolute atomic E-state index is 1.10. The Balaban J connectivity index is 1.84. The van der Waals surface area contributed by atoms with E-state index in [2.05, 4.69) is 52.6 Å². The summed E-state index contributed by atoms with van der Waals surface area (Å²) < 4.78 is 0. The van der Waals surface area contributed by atoms with E-state index in [-0.39, 0.29) is 0 Å². The van der Waals surface area contributed by atoms with Crippen molar-refractivity contribution in [2.45, 2.75) is 25.7 Å². The van der Waals surface area contributed by atoms with Gasteiger partial charge in [-0.1, -0.05) is 55.3 Å². The standard InChI is InChI=1S/C17H20N2/c1-2-6-13-19(12-5-1)18-14-16-10-7-9-15-8-3-4-11-17(15)16/h3-4,7-11,14H,1-2,5-6,12-13H2/b18-14-. The molecule has 0 atom stereocenters. The van der Waals surface area contributed by atoms with Gasteiger partial charge in [-0.3, -0.25) is 5.01 Å². The van der Waals surface area contributed by atoms with E-state index in [1.165, 1.54) is 42.0 Å². The van der Waals surface area contributed by atoms with Crippen LogP contribution in [0.1, 0.15) is 31.2 Å². The van der Waals surface area contributed by atoms with E-state index in [1.807, 2.05) is 6.21 Å². The molecular weight excluding hydrogens is 232 g/mol. The quantitative estimate of drug-likeness (QED) is 0.736. The molecule has 0 amide bonds. The molecule has 3 rings (SSSR count). The van der Waals surface area contributed by atoms with Gasteiger partial charge in [-0.25, -0.2) is 0 Å². The Morgan fingerprint density at radius 2 is 1.58 bits per heavy atom. The first-order chi connectivity index (χ1) is 9.43. The Morgan fingerprint density at radius 1 is 0.842 bits per heavy atom. The Bertz CT molecular complexity index is 561. The molecule has 0 radical (unpaired) electrons. The highest BCUT2D eigenvalue weighted by molar-refractivity contribution is 5.99. The van der Waals surface area contributed by atoms with Crippen molar-refractivity contribution in [1.82, 2.24) is 5.01 Å². The smallest absolute Gasteiger partial charge is 0.0549 e. The number of benzene rings is 2. The lowest BCUT2D eigenvalue weighted by molar-refractivity contribution is 0.302. The molecule has 0 spiro atoms. The molecule has 98 valence electrons. The SMILES string of the molecule is C(=N/N1CCCCCC1)/c1cccc2ccccc12. The normalized spacial score (nSPS) is 16.9. The van der Waals surface area contributed by atoms with Crippen molar-refractivity contribution in [2.75, 3.05) is 13.1 Å². The maximum atomic E-state index is 4.67. The van der Waals surface area contributed by atoms with E-state index < -0.39 is 0 Å². The topological polar surface area (TPSA) is 15.6 Å². The minimum atomic E-state index is 1.10. The van der Waals surface area contributed by atoms with Gasteiger partial charge in [0, 0.05) is 18.7 Å². The van der Waals surface area contributed by atoms with Gasteiger partial charge in [-0.15, -0.1) is 0 Å². The second-order valence-electron chi connectivity index (χ2n) is 5.18. The molecular formula is C17H20N2. The molecule has 1 aliphatic rings. The Labute approximate surface area is 114 Å². The number of hydrogen-bond acceptors (Lipinski definition) is 2. The van der Waals surface area contributed by atoms with Crippen LogP contribution < -0.4 is 0 Å². The fraction of sp³-hybridized carbons (Fsp3) is 0.353. The van der Waals surface area contributed by atoms with Gasteiger partial charge in [0.2, 0.25) is 0 Å². The van der Waals surface area contributed by atoms with E-state index in [1.54, 1.807) is 0 Å². The van der Waals surface area contributed by atoms with Crippen molar-refractivity contribution in [3.05, 3.63) is 48.0 Å². The Morgan fingerprint density at radius 3 is 2.42 bits per heavy atom. The zero-order chi connectivity index (χ0) is 12.9. The fourth-order valence-corrected chi connectivity index (χ4v) is 2.68. The molecule has 0 bridgehead atoms. The van der Waals surface area contributed by atoms with Crippen LogP contribution in [0, 0.1) is 0 Å². The van der Waals surface area contributed by atoms with Gasteiger partial charge >= 0.3 is 0 Å². The van der Waals surface area contributed by atoms with Crippen LogP contribution in [-0.2, 0) is 0 Å². The van der Waals surface area contributed by atoms with Crippen molar-refractivity contribution >= 4 is 17.0 Å². The largest absolute Gasteiger partial charge is 0.297 e. The first-order valence-electron chi connectivity index (χ1n) is 7.20. The third kappa shape index (κ3) is 2.95. The number of fused-ring (bicyclic) bond motifs is 1. The van der Waals surface area contributed by atoms with Gasteiger partial charge in [0.15, 0.2) is 0 Å². The second kappa shape index (κ2) is 5.87. The van der Waals surface area contributed by atoms with Crippen molar-refractivity contribution in [3.63, 3.8) is 0 Å². The van der Waals surface area contributed by atoms with Crippen LogP contribution in [0.25, 0.3) is 10.8 Å². The van der Waals surface area contributed by atoms with Crippen molar-refractivity contribution in [2.24, 2.45) is 5.10 Å². The molecule has 2 nitrogen and oxygen atoms in total. The number of hydrazone groups is 1. The number of nitrogens with zero attached hydrogens (tertiary/aromatic N) is 2. The van der Waals surface area contributed by atoms with Crippen molar-refractivity contribution in [3.8, 4) is 0 Å². The van der Waals surface area contributed by atoms with Crippen molar-refractivity contribution in [1.29, 1.82) is 0 Å². The second-order valence-corrected chi connectivity index (χ2v) is 5.18. The average Bonchev–Trinajstić information content (AvgIpc) is 2.74. The van der Waals surface area contributed by atoms with Crippen LogP contribution in [-0.4, -0.2) is 24.3 Å². The predicted molar refractivity (Wildman–Crippen MR) is 81.6 cm³/mol. The summed E-state index contributed by atoms with van der Waals surface area (Å²) in [5.74, 6) is 0. The third-order valence-corrected chi connectivity index (χ3v) is 3.77. The number of hydrogen-bond donors (Lipinski definition) is 0. The van der Waals surface area contributed by atoms with Gasteiger partial charge in [-0.2, -0.15) is 5.10 Å². The molecule has 2 heteroatoms. The van der Waals surface area contributed by atoms with Crippen LogP contribution in [0.3, 0.4) is 0 Å². The molecule has 1 saturated heterocycles. The molecule has 2 aromatic rings. The summed E-state index contributed by atoms with van der Waals surface area (Å²) in [5, 5.41) is 9.45. The number of rotatable bonds is 2. The summed E-state index contributed by atoms with van der Waals surface area (Å²) in [6.07, 6.45) is 7.26. The molecule has 0 aromatic heterocycles. The highest BCUT2D eigenvalue weighted by Crippen LogP contribution is 2.17. The van der Waals surface area contributed by atoms with Crippen LogP contribution in [0.15, 0.2) is 47.6 Å². The van der Waals surface area contributed by atoms with E-state index in [4.69, 9.17) is 0 Å². The van der Waals surface area contributed by atoms with Gasteiger partial charge in [0.05, 0.1) is 6.21 Å². The predicted octanol–water partition coefficient (Wildman–Crippen LogP) is 4.05. The molecule has 1 fully saturated rings. The minimum Gasteiger partial charge on any atom is -0.297 e. The summed E-state index contributed by atoms with van der Waals surface area (Å²) in [5.41, 5.74) is 1.21. The summed E-state index contributed by atoms with van der Waals surface area (Å²) in [7, 11) is 0. The molecule has 2 aromatic carbocycles. The zero-order valence-electron chi connectivity index (χ0n) is 11.3. The lowest BCUT2D eigenvalue weighted by Crippen LogP contribution is -2.18.